The van der Waals surface area contributed by atoms with E-state index in [1.165, 1.54) is 92.6 Å². The molecule has 0 radical (unpaired) electrons. The van der Waals surface area contributed by atoms with E-state index < -0.39 is 16.1 Å². The number of hydrogen-bond acceptors (Lipinski definition) is 0. The minimum absolute atomic E-state index is 1.19. The first-order valence-corrected chi connectivity index (χ1v) is 25.8. The summed E-state index contributed by atoms with van der Waals surface area (Å²) in [6.45, 7) is 14.7. The Kier molecular flexibility index (Phi) is 6.92. The van der Waals surface area contributed by atoms with Crippen LogP contribution in [0.25, 0.3) is 82.2 Å². The maximum absolute atomic E-state index is 2.49. The van der Waals surface area contributed by atoms with Crippen molar-refractivity contribution in [2.24, 2.45) is 0 Å². The molecule has 0 amide bonds. The Morgan fingerprint density at radius 2 is 0.698 bits per heavy atom. The third kappa shape index (κ3) is 4.91. The number of aromatic nitrogens is 3. The van der Waals surface area contributed by atoms with E-state index in [1.54, 1.807) is 0 Å². The van der Waals surface area contributed by atoms with Crippen LogP contribution in [0.15, 0.2) is 152 Å². The Bertz CT molecular complexity index is 3020. The van der Waals surface area contributed by atoms with Crippen LogP contribution >= 0.6 is 0 Å². The van der Waals surface area contributed by atoms with Gasteiger partial charge in [-0.1, -0.05) is 141 Å². The van der Waals surface area contributed by atoms with Crippen LogP contribution < -0.4 is 10.4 Å². The first-order valence-electron chi connectivity index (χ1n) is 18.8. The Hall–Kier alpha value is -5.63. The van der Waals surface area contributed by atoms with Crippen molar-refractivity contribution in [2.75, 3.05) is 0 Å². The zero-order valence-corrected chi connectivity index (χ0v) is 33.3. The summed E-state index contributed by atoms with van der Waals surface area (Å²) in [5.41, 5.74) is 11.0. The van der Waals surface area contributed by atoms with Gasteiger partial charge in [0, 0.05) is 38.0 Å². The molecule has 0 unspecified atom stereocenters. The van der Waals surface area contributed by atoms with Crippen molar-refractivity contribution in [3.8, 4) is 16.8 Å². The van der Waals surface area contributed by atoms with Gasteiger partial charge in [0.15, 0.2) is 0 Å². The second kappa shape index (κ2) is 11.4. The normalized spacial score (nSPS) is 12.7. The molecule has 10 aromatic rings. The Labute approximate surface area is 312 Å². The van der Waals surface area contributed by atoms with Crippen LogP contribution in [-0.4, -0.2) is 30.1 Å². The van der Waals surface area contributed by atoms with Crippen molar-refractivity contribution in [1.82, 2.24) is 13.9 Å². The molecule has 0 atom stereocenters. The summed E-state index contributed by atoms with van der Waals surface area (Å²) in [4.78, 5) is 0. The Morgan fingerprint density at radius 1 is 0.321 bits per heavy atom. The predicted molar refractivity (Wildman–Crippen MR) is 235 cm³/mol. The monoisotopic (exact) mass is 717 g/mol. The maximum atomic E-state index is 2.49. The first-order chi connectivity index (χ1) is 25.6. The van der Waals surface area contributed by atoms with Crippen LogP contribution in [0.1, 0.15) is 0 Å². The fourth-order valence-electron chi connectivity index (χ4n) is 8.51. The van der Waals surface area contributed by atoms with Gasteiger partial charge >= 0.3 is 0 Å². The van der Waals surface area contributed by atoms with Gasteiger partial charge in [0.2, 0.25) is 0 Å². The van der Waals surface area contributed by atoms with E-state index in [9.17, 15) is 0 Å². The van der Waals surface area contributed by atoms with E-state index in [1.807, 2.05) is 0 Å². The molecule has 0 spiro atoms. The lowest BCUT2D eigenvalue weighted by atomic mass is 10.0. The molecule has 0 saturated carbocycles. The highest BCUT2D eigenvalue weighted by Gasteiger charge is 2.23. The highest BCUT2D eigenvalue weighted by molar-refractivity contribution is 6.89. The Balaban J connectivity index is 1.25. The molecular formula is C48H43N3Si2. The molecule has 10 rings (SSSR count). The van der Waals surface area contributed by atoms with E-state index in [4.69, 9.17) is 0 Å². The fourth-order valence-corrected chi connectivity index (χ4v) is 10.8. The van der Waals surface area contributed by atoms with Crippen LogP contribution in [0.4, 0.5) is 0 Å². The summed E-state index contributed by atoms with van der Waals surface area (Å²) in [6.07, 6.45) is 0. The molecule has 7 aromatic carbocycles. The lowest BCUT2D eigenvalue weighted by Gasteiger charge is -2.17. The van der Waals surface area contributed by atoms with E-state index in [2.05, 4.69) is 205 Å². The van der Waals surface area contributed by atoms with E-state index in [-0.39, 0.29) is 0 Å². The van der Waals surface area contributed by atoms with Gasteiger partial charge in [-0.3, -0.25) is 0 Å². The molecule has 0 bridgehead atoms. The van der Waals surface area contributed by atoms with Gasteiger partial charge in [0.05, 0.1) is 49.2 Å². The number of benzene rings is 7. The van der Waals surface area contributed by atoms with E-state index >= 15 is 0 Å². The number of fused-ring (bicyclic) bond motifs is 9. The number of hydrogen-bond donors (Lipinski definition) is 0. The van der Waals surface area contributed by atoms with Gasteiger partial charge in [-0.15, -0.1) is 0 Å². The third-order valence-electron chi connectivity index (χ3n) is 11.3. The summed E-state index contributed by atoms with van der Waals surface area (Å²) in [6, 6.07) is 57.1. The highest BCUT2D eigenvalue weighted by atomic mass is 28.3. The van der Waals surface area contributed by atoms with Crippen LogP contribution in [0.5, 0.6) is 0 Å². The van der Waals surface area contributed by atoms with Gasteiger partial charge in [-0.05, 0) is 71.8 Å². The molecular weight excluding hydrogens is 675 g/mol. The largest absolute Gasteiger partial charge is 0.309 e. The minimum atomic E-state index is -1.58. The Morgan fingerprint density at radius 3 is 1.23 bits per heavy atom. The van der Waals surface area contributed by atoms with Gasteiger partial charge in [0.1, 0.15) is 0 Å². The summed E-state index contributed by atoms with van der Waals surface area (Å²) in [7, 11) is -3.10. The molecule has 0 fully saturated rings. The zero-order chi connectivity index (χ0) is 36.2. The van der Waals surface area contributed by atoms with Gasteiger partial charge in [0.25, 0.3) is 0 Å². The van der Waals surface area contributed by atoms with Crippen molar-refractivity contribution >= 4 is 91.9 Å². The smallest absolute Gasteiger partial charge is 0.0776 e. The van der Waals surface area contributed by atoms with E-state index in [0.29, 0.717) is 0 Å². The molecule has 3 aromatic heterocycles. The van der Waals surface area contributed by atoms with Crippen LogP contribution in [-0.2, 0) is 0 Å². The average molecular weight is 718 g/mol. The van der Waals surface area contributed by atoms with Crippen LogP contribution in [0, 0.1) is 0 Å². The highest BCUT2D eigenvalue weighted by Crippen LogP contribution is 2.39. The molecule has 0 aliphatic heterocycles. The summed E-state index contributed by atoms with van der Waals surface area (Å²) >= 11 is 0. The molecule has 3 nitrogen and oxygen atoms in total. The predicted octanol–water partition coefficient (Wildman–Crippen LogP) is 12.1. The third-order valence-corrected chi connectivity index (χ3v) is 15.4. The van der Waals surface area contributed by atoms with Crippen LogP contribution in [0.3, 0.4) is 0 Å². The average Bonchev–Trinajstić information content (AvgIpc) is 3.78. The zero-order valence-electron chi connectivity index (χ0n) is 31.3. The van der Waals surface area contributed by atoms with Crippen molar-refractivity contribution < 1.29 is 0 Å². The SMILES string of the molecule is C[Si](C)(C)c1ccc2c(c1)c1cc(-c3ccc4c(c3)c3cc([Si](C)(C)C)ccc3n4-n3c4ccccc4c4ccccc43)ccc1n2-c1ccccc1. The molecule has 3 heterocycles. The first kappa shape index (κ1) is 32.1. The summed E-state index contributed by atoms with van der Waals surface area (Å²) < 4.78 is 7.33. The molecule has 258 valence electrons. The quantitative estimate of drug-likeness (QED) is 0.157. The fraction of sp³-hybridized carbons (Fsp3) is 0.125. The lowest BCUT2D eigenvalue weighted by Crippen LogP contribution is -2.37. The van der Waals surface area contributed by atoms with Gasteiger partial charge in [-0.2, -0.15) is 0 Å². The topological polar surface area (TPSA) is 14.8 Å². The van der Waals surface area contributed by atoms with E-state index in [0.717, 1.165) is 0 Å². The van der Waals surface area contributed by atoms with Crippen molar-refractivity contribution in [2.45, 2.75) is 39.3 Å². The second-order valence-electron chi connectivity index (χ2n) is 16.8. The maximum Gasteiger partial charge on any atom is 0.0776 e. The molecule has 0 aliphatic carbocycles. The van der Waals surface area contributed by atoms with Crippen molar-refractivity contribution in [1.29, 1.82) is 0 Å². The van der Waals surface area contributed by atoms with Crippen molar-refractivity contribution in [3.63, 3.8) is 0 Å². The van der Waals surface area contributed by atoms with Crippen LogP contribution in [0.2, 0.25) is 39.3 Å². The molecule has 53 heavy (non-hydrogen) atoms. The van der Waals surface area contributed by atoms with Gasteiger partial charge < -0.3 is 4.57 Å². The molecule has 5 heteroatoms. The number of rotatable bonds is 5. The number of para-hydroxylation sites is 3. The second-order valence-corrected chi connectivity index (χ2v) is 26.9. The lowest BCUT2D eigenvalue weighted by molar-refractivity contribution is 0.775. The van der Waals surface area contributed by atoms with Gasteiger partial charge in [-0.25, -0.2) is 9.35 Å². The minimum Gasteiger partial charge on any atom is -0.309 e. The standard InChI is InChI=1S/C48H43N3Si2/c1-52(2,3)35-22-26-44-41(30-35)39-28-32(20-24-43(39)49(44)34-14-8-7-9-15-34)33-21-25-47-40(29-33)42-31-36(53(4,5)6)23-27-48(42)51(47)50-45-18-12-10-16-37(45)38-17-11-13-19-46(38)50/h7-31H,1-6H3. The molecule has 0 saturated heterocycles. The molecule has 0 N–H and O–H groups in total. The molecule has 0 aliphatic rings. The number of nitrogens with zero attached hydrogens (tertiary/aromatic N) is 3. The van der Waals surface area contributed by atoms with Crippen molar-refractivity contribution in [3.05, 3.63) is 152 Å². The summed E-state index contributed by atoms with van der Waals surface area (Å²) in [5.74, 6) is 0. The summed E-state index contributed by atoms with van der Waals surface area (Å²) in [5, 5.41) is 10.7.